The Morgan fingerprint density at radius 1 is 1.15 bits per heavy atom. The number of carbonyl (C=O) groups is 2. The third-order valence-electron chi connectivity index (χ3n) is 3.30. The van der Waals surface area contributed by atoms with E-state index in [1.807, 2.05) is 0 Å². The Hall–Kier alpha value is -2.33. The number of H-pyrrole nitrogens is 1. The van der Waals surface area contributed by atoms with Crippen LogP contribution >= 0.6 is 31.9 Å². The number of carboxylic acid groups (broad SMARTS) is 2. The Morgan fingerprint density at radius 3 is 2.23 bits per heavy atom. The zero-order chi connectivity index (χ0) is 19.8. The molecule has 0 spiro atoms. The number of nitrogens with two attached hydrogens (primary N) is 1. The highest BCUT2D eigenvalue weighted by atomic mass is 79.9. The molecule has 0 amide bonds. The number of halogens is 2. The van der Waals surface area contributed by atoms with Crippen molar-refractivity contribution in [1.29, 1.82) is 0 Å². The van der Waals surface area contributed by atoms with E-state index in [-0.39, 0.29) is 23.0 Å². The summed E-state index contributed by atoms with van der Waals surface area (Å²) in [6.45, 7) is 3.50. The van der Waals surface area contributed by atoms with Gasteiger partial charge in [0.15, 0.2) is 0 Å². The fourth-order valence-electron chi connectivity index (χ4n) is 2.42. The van der Waals surface area contributed by atoms with Gasteiger partial charge in [0, 0.05) is 15.6 Å². The van der Waals surface area contributed by atoms with Crippen LogP contribution < -0.4 is 16.0 Å². The van der Waals surface area contributed by atoms with Gasteiger partial charge >= 0.3 is 11.9 Å². The molecule has 0 aliphatic carbocycles. The molecule has 10 heteroatoms. The van der Waals surface area contributed by atoms with Crippen molar-refractivity contribution in [2.24, 2.45) is 0 Å². The minimum atomic E-state index is -1.59. The quantitative estimate of drug-likeness (QED) is 0.504. The van der Waals surface area contributed by atoms with Crippen LogP contribution in [0.2, 0.25) is 0 Å². The summed E-state index contributed by atoms with van der Waals surface area (Å²) in [7, 11) is 0. The third-order valence-corrected chi connectivity index (χ3v) is 4.35. The van der Waals surface area contributed by atoms with E-state index >= 15 is 0 Å². The molecule has 0 aliphatic heterocycles. The normalized spacial score (nSPS) is 10.8. The van der Waals surface area contributed by atoms with Crippen molar-refractivity contribution in [3.63, 3.8) is 0 Å². The number of carboxylic acids is 2. The maximum Gasteiger partial charge on any atom is 0.342 e. The molecule has 2 aromatic rings. The van der Waals surface area contributed by atoms with Crippen LogP contribution in [0.4, 0.5) is 5.82 Å². The van der Waals surface area contributed by atoms with Crippen LogP contribution in [-0.2, 0) is 0 Å². The Labute approximate surface area is 164 Å². The maximum absolute atomic E-state index is 12.2. The Bertz CT molecular complexity index is 968. The van der Waals surface area contributed by atoms with Crippen LogP contribution in [0.5, 0.6) is 5.75 Å². The molecule has 0 bridgehead atoms. The minimum Gasteiger partial charge on any atom is -0.489 e. The van der Waals surface area contributed by atoms with Gasteiger partial charge in [0.25, 0.3) is 5.56 Å². The molecule has 1 heterocycles. The third kappa shape index (κ3) is 3.75. The molecular formula is C16H14Br2N2O6. The largest absolute Gasteiger partial charge is 0.489 e. The number of nitrogen functional groups attached to an aromatic ring is 1. The molecule has 138 valence electrons. The average molecular weight is 490 g/mol. The van der Waals surface area contributed by atoms with Crippen molar-refractivity contribution in [3.05, 3.63) is 42.6 Å². The van der Waals surface area contributed by atoms with Gasteiger partial charge in [0.1, 0.15) is 22.7 Å². The lowest BCUT2D eigenvalue weighted by Crippen LogP contribution is -2.24. The van der Waals surface area contributed by atoms with Crippen molar-refractivity contribution in [1.82, 2.24) is 4.98 Å². The van der Waals surface area contributed by atoms with E-state index in [0.717, 1.165) is 0 Å². The Kier molecular flexibility index (Phi) is 5.77. The van der Waals surface area contributed by atoms with E-state index in [0.29, 0.717) is 8.95 Å². The zero-order valence-corrected chi connectivity index (χ0v) is 16.8. The van der Waals surface area contributed by atoms with E-state index in [1.165, 1.54) is 6.07 Å². The van der Waals surface area contributed by atoms with Crippen LogP contribution in [0.1, 0.15) is 34.6 Å². The number of aromatic amines is 1. The van der Waals surface area contributed by atoms with Gasteiger partial charge in [-0.1, -0.05) is 15.9 Å². The van der Waals surface area contributed by atoms with Gasteiger partial charge < -0.3 is 25.7 Å². The minimum absolute atomic E-state index is 0.104. The molecule has 0 unspecified atom stereocenters. The monoisotopic (exact) mass is 488 g/mol. The number of rotatable bonds is 5. The maximum atomic E-state index is 12.2. The number of hydrogen-bond donors (Lipinski definition) is 4. The van der Waals surface area contributed by atoms with Crippen LogP contribution in [-0.4, -0.2) is 33.2 Å². The SMILES string of the molecule is CC(C)Oc1c(Br)cc(Br)cc1-c1c(C(=O)O)c(N)[nH]c(=O)c1C(=O)O. The second kappa shape index (κ2) is 7.50. The molecule has 0 saturated heterocycles. The Morgan fingerprint density at radius 2 is 1.73 bits per heavy atom. The summed E-state index contributed by atoms with van der Waals surface area (Å²) in [6.07, 6.45) is -0.299. The highest BCUT2D eigenvalue weighted by Crippen LogP contribution is 2.42. The van der Waals surface area contributed by atoms with Crippen molar-refractivity contribution < 1.29 is 24.5 Å². The van der Waals surface area contributed by atoms with E-state index in [1.54, 1.807) is 19.9 Å². The number of ether oxygens (including phenoxy) is 1. The summed E-state index contributed by atoms with van der Waals surface area (Å²) in [4.78, 5) is 37.7. The smallest absolute Gasteiger partial charge is 0.342 e. The number of pyridine rings is 1. The molecule has 0 radical (unpaired) electrons. The summed E-state index contributed by atoms with van der Waals surface area (Å²) < 4.78 is 6.69. The van der Waals surface area contributed by atoms with Crippen molar-refractivity contribution in [2.45, 2.75) is 20.0 Å². The standard InChI is InChI=1S/C16H14Br2N2O6/c1-5(2)26-12-7(3-6(17)4-8(12)18)9-10(15(22)23)13(19)20-14(21)11(9)16(24)25/h3-5H,1-2H3,(H,22,23)(H,24,25)(H3,19,20,21). The zero-order valence-electron chi connectivity index (χ0n) is 13.6. The van der Waals surface area contributed by atoms with E-state index < -0.39 is 34.4 Å². The highest BCUT2D eigenvalue weighted by Gasteiger charge is 2.29. The second-order valence-corrected chi connectivity index (χ2v) is 7.30. The molecule has 2 rings (SSSR count). The van der Waals surface area contributed by atoms with Gasteiger partial charge in [0.05, 0.1) is 10.6 Å². The summed E-state index contributed by atoms with van der Waals surface area (Å²) in [6, 6.07) is 3.12. The number of hydrogen-bond acceptors (Lipinski definition) is 5. The lowest BCUT2D eigenvalue weighted by molar-refractivity contribution is 0.0695. The van der Waals surface area contributed by atoms with Gasteiger partial charge in [-0.25, -0.2) is 9.59 Å². The predicted octanol–water partition coefficient (Wildman–Crippen LogP) is 3.33. The molecule has 0 fully saturated rings. The van der Waals surface area contributed by atoms with Crippen LogP contribution in [0.15, 0.2) is 25.9 Å². The predicted molar refractivity (Wildman–Crippen MR) is 102 cm³/mol. The van der Waals surface area contributed by atoms with Crippen molar-refractivity contribution in [2.75, 3.05) is 5.73 Å². The van der Waals surface area contributed by atoms with Gasteiger partial charge in [-0.3, -0.25) is 4.79 Å². The number of aromatic carboxylic acids is 2. The van der Waals surface area contributed by atoms with Crippen LogP contribution in [0.3, 0.4) is 0 Å². The van der Waals surface area contributed by atoms with Gasteiger partial charge in [-0.15, -0.1) is 0 Å². The molecule has 26 heavy (non-hydrogen) atoms. The average Bonchev–Trinajstić information content (AvgIpc) is 2.47. The van der Waals surface area contributed by atoms with Gasteiger partial charge in [-0.2, -0.15) is 0 Å². The molecule has 5 N–H and O–H groups in total. The van der Waals surface area contributed by atoms with Crippen LogP contribution in [0, 0.1) is 0 Å². The van der Waals surface area contributed by atoms with Gasteiger partial charge in [0.2, 0.25) is 0 Å². The lowest BCUT2D eigenvalue weighted by atomic mass is 9.94. The van der Waals surface area contributed by atoms with Gasteiger partial charge in [-0.05, 0) is 41.9 Å². The lowest BCUT2D eigenvalue weighted by Gasteiger charge is -2.19. The van der Waals surface area contributed by atoms with Crippen molar-refractivity contribution in [3.8, 4) is 16.9 Å². The highest BCUT2D eigenvalue weighted by molar-refractivity contribution is 9.11. The first-order chi connectivity index (χ1) is 12.0. The molecule has 0 atom stereocenters. The fourth-order valence-corrected chi connectivity index (χ4v) is 3.74. The summed E-state index contributed by atoms with van der Waals surface area (Å²) in [5, 5.41) is 19.1. The second-order valence-electron chi connectivity index (χ2n) is 5.53. The molecule has 0 saturated carbocycles. The summed E-state index contributed by atoms with van der Waals surface area (Å²) in [5.41, 5.74) is 3.16. The topological polar surface area (TPSA) is 143 Å². The number of aromatic nitrogens is 1. The first-order valence-corrected chi connectivity index (χ1v) is 8.81. The first-order valence-electron chi connectivity index (χ1n) is 7.23. The molecule has 8 nitrogen and oxygen atoms in total. The van der Waals surface area contributed by atoms with E-state index in [2.05, 4.69) is 36.8 Å². The molecule has 1 aromatic heterocycles. The van der Waals surface area contributed by atoms with E-state index in [4.69, 9.17) is 10.5 Å². The Balaban J connectivity index is 3.07. The van der Waals surface area contributed by atoms with Crippen molar-refractivity contribution >= 4 is 49.6 Å². The number of benzene rings is 1. The number of anilines is 1. The summed E-state index contributed by atoms with van der Waals surface area (Å²) in [5.74, 6) is -3.33. The number of nitrogens with one attached hydrogen (secondary N) is 1. The molecular weight excluding hydrogens is 476 g/mol. The summed E-state index contributed by atoms with van der Waals surface area (Å²) >= 11 is 6.59. The molecule has 1 aromatic carbocycles. The fraction of sp³-hybridized carbons (Fsp3) is 0.188. The first kappa shape index (κ1) is 20.0. The van der Waals surface area contributed by atoms with Crippen LogP contribution in [0.25, 0.3) is 11.1 Å². The van der Waals surface area contributed by atoms with E-state index in [9.17, 15) is 24.6 Å². The molecule has 0 aliphatic rings.